The Hall–Kier alpha value is -1.72. The van der Waals surface area contributed by atoms with Gasteiger partial charge in [-0.2, -0.15) is 0 Å². The van der Waals surface area contributed by atoms with Gasteiger partial charge in [0.15, 0.2) is 0 Å². The van der Waals surface area contributed by atoms with E-state index in [1.54, 1.807) is 0 Å². The predicted molar refractivity (Wildman–Crippen MR) is 129 cm³/mol. The Morgan fingerprint density at radius 1 is 0.933 bits per heavy atom. The molecule has 2 aromatic carbocycles. The van der Waals surface area contributed by atoms with E-state index in [0.717, 1.165) is 12.8 Å². The van der Waals surface area contributed by atoms with Crippen molar-refractivity contribution in [2.75, 3.05) is 13.4 Å². The van der Waals surface area contributed by atoms with E-state index in [-0.39, 0.29) is 17.2 Å². The molecule has 0 bridgehead atoms. The lowest BCUT2D eigenvalue weighted by Gasteiger charge is -2.44. The number of rotatable bonds is 12. The van der Waals surface area contributed by atoms with E-state index in [4.69, 9.17) is 13.9 Å². The first kappa shape index (κ1) is 24.5. The van der Waals surface area contributed by atoms with Crippen LogP contribution in [0, 0.1) is 0 Å². The van der Waals surface area contributed by atoms with Gasteiger partial charge >= 0.3 is 0 Å². The molecule has 2 rings (SSSR count). The van der Waals surface area contributed by atoms with Crippen LogP contribution in [-0.4, -0.2) is 33.9 Å². The van der Waals surface area contributed by atoms with Crippen molar-refractivity contribution in [1.82, 2.24) is 0 Å². The fourth-order valence-electron chi connectivity index (χ4n) is 3.94. The summed E-state index contributed by atoms with van der Waals surface area (Å²) in [5, 5.41) is 2.60. The van der Waals surface area contributed by atoms with Crippen LogP contribution in [0.25, 0.3) is 0 Å². The molecule has 2 atom stereocenters. The van der Waals surface area contributed by atoms with Gasteiger partial charge in [0.05, 0.1) is 6.10 Å². The molecule has 0 fully saturated rings. The Morgan fingerprint density at radius 3 is 1.90 bits per heavy atom. The highest BCUT2D eigenvalue weighted by Gasteiger charge is 2.50. The zero-order valence-corrected chi connectivity index (χ0v) is 20.3. The summed E-state index contributed by atoms with van der Waals surface area (Å²) < 4.78 is 18.2. The molecule has 0 aromatic heterocycles. The second kappa shape index (κ2) is 11.6. The average molecular weight is 427 g/mol. The first-order valence-corrected chi connectivity index (χ1v) is 12.9. The summed E-state index contributed by atoms with van der Waals surface area (Å²) in [7, 11) is -2.52. The molecule has 0 aliphatic rings. The maximum absolute atomic E-state index is 7.11. The lowest BCUT2D eigenvalue weighted by molar-refractivity contribution is -0.0751. The second-order valence-electron chi connectivity index (χ2n) is 8.72. The summed E-state index contributed by atoms with van der Waals surface area (Å²) in [6.07, 6.45) is 3.67. The topological polar surface area (TPSA) is 27.7 Å². The monoisotopic (exact) mass is 426 g/mol. The van der Waals surface area contributed by atoms with Crippen LogP contribution in [0.1, 0.15) is 47.5 Å². The van der Waals surface area contributed by atoms with E-state index in [0.29, 0.717) is 13.4 Å². The highest BCUT2D eigenvalue weighted by molar-refractivity contribution is 6.99. The molecule has 0 radical (unpaired) electrons. The fraction of sp³-hybridized carbons (Fsp3) is 0.462. The molecular formula is C26H38O3Si. The average Bonchev–Trinajstić information content (AvgIpc) is 2.75. The quantitative estimate of drug-likeness (QED) is 0.200. The molecule has 0 unspecified atom stereocenters. The van der Waals surface area contributed by atoms with Crippen LogP contribution in [-0.2, 0) is 13.9 Å². The van der Waals surface area contributed by atoms with E-state index in [1.807, 2.05) is 13.0 Å². The summed E-state index contributed by atoms with van der Waals surface area (Å²) in [5.41, 5.74) is 0. The predicted octanol–water partition coefficient (Wildman–Crippen LogP) is 5.30. The Labute approximate surface area is 184 Å². The van der Waals surface area contributed by atoms with E-state index < -0.39 is 8.32 Å². The number of hydrogen-bond donors (Lipinski definition) is 0. The van der Waals surface area contributed by atoms with Gasteiger partial charge in [-0.25, -0.2) is 0 Å². The van der Waals surface area contributed by atoms with Crippen LogP contribution in [0.5, 0.6) is 0 Å². The van der Waals surface area contributed by atoms with Crippen molar-refractivity contribution in [2.24, 2.45) is 0 Å². The smallest absolute Gasteiger partial charge is 0.261 e. The van der Waals surface area contributed by atoms with Gasteiger partial charge in [-0.1, -0.05) is 87.5 Å². The lowest BCUT2D eigenvalue weighted by atomic mass is 10.1. The molecule has 0 heterocycles. The van der Waals surface area contributed by atoms with Gasteiger partial charge in [0.2, 0.25) is 0 Å². The molecule has 0 aliphatic heterocycles. The van der Waals surface area contributed by atoms with Crippen molar-refractivity contribution in [3.63, 3.8) is 0 Å². The van der Waals surface area contributed by atoms with Gasteiger partial charge in [0, 0.05) is 12.7 Å². The summed E-state index contributed by atoms with van der Waals surface area (Å²) in [4.78, 5) is 0. The summed E-state index contributed by atoms with van der Waals surface area (Å²) in [6, 6.07) is 21.6. The molecule has 0 aliphatic carbocycles. The van der Waals surface area contributed by atoms with Crippen LogP contribution in [0.15, 0.2) is 73.3 Å². The normalized spacial score (nSPS) is 14.3. The molecule has 0 N–H and O–H groups in total. The van der Waals surface area contributed by atoms with Crippen LogP contribution >= 0.6 is 0 Å². The molecule has 0 spiro atoms. The van der Waals surface area contributed by atoms with Crippen molar-refractivity contribution in [1.29, 1.82) is 0 Å². The molecule has 164 valence electrons. The zero-order chi connectivity index (χ0) is 22.0. The minimum absolute atomic E-state index is 0.0206. The van der Waals surface area contributed by atoms with E-state index >= 15 is 0 Å². The fourth-order valence-corrected chi connectivity index (χ4v) is 8.68. The van der Waals surface area contributed by atoms with Crippen molar-refractivity contribution >= 4 is 18.7 Å². The van der Waals surface area contributed by atoms with E-state index in [2.05, 4.69) is 94.9 Å². The largest absolute Gasteiger partial charge is 0.405 e. The third kappa shape index (κ3) is 6.14. The van der Waals surface area contributed by atoms with Crippen LogP contribution in [0.3, 0.4) is 0 Å². The summed E-state index contributed by atoms with van der Waals surface area (Å²) >= 11 is 0. The number of hydrogen-bond acceptors (Lipinski definition) is 3. The van der Waals surface area contributed by atoms with Crippen molar-refractivity contribution in [3.8, 4) is 0 Å². The van der Waals surface area contributed by atoms with Gasteiger partial charge in [-0.3, -0.25) is 0 Å². The van der Waals surface area contributed by atoms with Crippen LogP contribution in [0.4, 0.5) is 0 Å². The molecule has 0 saturated heterocycles. The summed E-state index contributed by atoms with van der Waals surface area (Å²) in [5.74, 6) is 0. The first-order valence-electron chi connectivity index (χ1n) is 11.0. The minimum Gasteiger partial charge on any atom is -0.405 e. The molecular weight excluding hydrogens is 388 g/mol. The van der Waals surface area contributed by atoms with Crippen LogP contribution < -0.4 is 10.4 Å². The first-order chi connectivity index (χ1) is 14.3. The van der Waals surface area contributed by atoms with Crippen molar-refractivity contribution < 1.29 is 13.9 Å². The highest BCUT2D eigenvalue weighted by Crippen LogP contribution is 2.37. The third-order valence-electron chi connectivity index (χ3n) is 5.48. The lowest BCUT2D eigenvalue weighted by Crippen LogP contribution is -2.67. The molecule has 0 amide bonds. The minimum atomic E-state index is -2.52. The second-order valence-corrected chi connectivity index (χ2v) is 13.0. The Morgan fingerprint density at radius 2 is 1.47 bits per heavy atom. The molecule has 4 heteroatoms. The highest BCUT2D eigenvalue weighted by atomic mass is 28.4. The van der Waals surface area contributed by atoms with Crippen molar-refractivity contribution in [2.45, 2.75) is 64.7 Å². The zero-order valence-electron chi connectivity index (χ0n) is 19.3. The van der Waals surface area contributed by atoms with E-state index in [9.17, 15) is 0 Å². The third-order valence-corrected chi connectivity index (χ3v) is 10.6. The summed E-state index contributed by atoms with van der Waals surface area (Å²) in [6.45, 7) is 15.9. The molecule has 30 heavy (non-hydrogen) atoms. The maximum atomic E-state index is 7.11. The SMILES string of the molecule is C=C[C@@H](CC[C@@H](C)O[Si](c1ccccc1)(c1ccccc1)C(C)(C)C)OCOCC. The van der Waals surface area contributed by atoms with Gasteiger partial charge in [0.1, 0.15) is 6.79 Å². The maximum Gasteiger partial charge on any atom is 0.261 e. The van der Waals surface area contributed by atoms with Gasteiger partial charge in [0.25, 0.3) is 8.32 Å². The molecule has 0 saturated carbocycles. The van der Waals surface area contributed by atoms with E-state index in [1.165, 1.54) is 10.4 Å². The van der Waals surface area contributed by atoms with Gasteiger partial charge in [-0.05, 0) is 42.1 Å². The standard InChI is InChI=1S/C26H38O3Si/c1-7-23(28-21-27-8-2)20-19-22(3)29-30(26(4,5)6,24-15-11-9-12-16-24)25-17-13-10-14-18-25/h7,9-18,22-23H,1,8,19-21H2,2-6H3/t22-,23+/m1/s1. The van der Waals surface area contributed by atoms with Crippen LogP contribution in [0.2, 0.25) is 5.04 Å². The number of ether oxygens (including phenoxy) is 2. The molecule has 3 nitrogen and oxygen atoms in total. The van der Waals surface area contributed by atoms with Gasteiger partial charge in [-0.15, -0.1) is 6.58 Å². The Bertz CT molecular complexity index is 700. The van der Waals surface area contributed by atoms with Crippen molar-refractivity contribution in [3.05, 3.63) is 73.3 Å². The Kier molecular flexibility index (Phi) is 9.50. The Balaban J connectivity index is 2.28. The molecule has 2 aromatic rings. The van der Waals surface area contributed by atoms with Gasteiger partial charge < -0.3 is 13.9 Å². The number of benzene rings is 2.